The average molecular weight is 319 g/mol. The summed E-state index contributed by atoms with van der Waals surface area (Å²) >= 11 is 0. The maximum Gasteiger partial charge on any atom is 0.208 e. The summed E-state index contributed by atoms with van der Waals surface area (Å²) in [5.41, 5.74) is 0. The van der Waals surface area contributed by atoms with Gasteiger partial charge < -0.3 is 10.6 Å². The van der Waals surface area contributed by atoms with Crippen molar-refractivity contribution in [3.8, 4) is 0 Å². The number of guanidine groups is 1. The molecular formula is C13H29N5O2S. The first-order valence-electron chi connectivity index (χ1n) is 7.59. The van der Waals surface area contributed by atoms with Crippen LogP contribution in [0.4, 0.5) is 0 Å². The minimum atomic E-state index is -3.09. The Morgan fingerprint density at radius 1 is 1.33 bits per heavy atom. The van der Waals surface area contributed by atoms with E-state index in [1.165, 1.54) is 25.6 Å². The van der Waals surface area contributed by atoms with Crippen LogP contribution in [0.2, 0.25) is 0 Å². The highest BCUT2D eigenvalue weighted by atomic mass is 32.2. The van der Waals surface area contributed by atoms with E-state index in [4.69, 9.17) is 0 Å². The third-order valence-electron chi connectivity index (χ3n) is 3.64. The molecule has 7 nitrogen and oxygen atoms in total. The van der Waals surface area contributed by atoms with E-state index in [2.05, 4.69) is 32.2 Å². The number of nitrogens with one attached hydrogen (secondary N) is 3. The summed E-state index contributed by atoms with van der Waals surface area (Å²) in [5.74, 6) is 0.775. The van der Waals surface area contributed by atoms with Crippen molar-refractivity contribution in [3.63, 3.8) is 0 Å². The lowest BCUT2D eigenvalue weighted by atomic mass is 10.2. The minimum absolute atomic E-state index is 0.440. The van der Waals surface area contributed by atoms with Crippen molar-refractivity contribution >= 4 is 16.0 Å². The Morgan fingerprint density at radius 3 is 2.71 bits per heavy atom. The highest BCUT2D eigenvalue weighted by Crippen LogP contribution is 2.15. The number of sulfonamides is 1. The summed E-state index contributed by atoms with van der Waals surface area (Å²) in [7, 11) is -1.34. The molecule has 124 valence electrons. The Kier molecular flexibility index (Phi) is 7.98. The van der Waals surface area contributed by atoms with Crippen molar-refractivity contribution < 1.29 is 8.42 Å². The van der Waals surface area contributed by atoms with Gasteiger partial charge >= 0.3 is 0 Å². The van der Waals surface area contributed by atoms with Crippen LogP contribution in [0.1, 0.15) is 26.2 Å². The number of hydrogen-bond donors (Lipinski definition) is 3. The van der Waals surface area contributed by atoms with Crippen molar-refractivity contribution in [1.29, 1.82) is 0 Å². The van der Waals surface area contributed by atoms with Gasteiger partial charge in [-0.3, -0.25) is 9.89 Å². The van der Waals surface area contributed by atoms with Crippen molar-refractivity contribution in [2.24, 2.45) is 4.99 Å². The van der Waals surface area contributed by atoms with Crippen LogP contribution in [-0.4, -0.2) is 71.3 Å². The van der Waals surface area contributed by atoms with Crippen molar-refractivity contribution in [2.75, 3.05) is 46.0 Å². The van der Waals surface area contributed by atoms with Gasteiger partial charge in [0, 0.05) is 32.7 Å². The quantitative estimate of drug-likeness (QED) is 0.321. The van der Waals surface area contributed by atoms with Gasteiger partial charge in [0.15, 0.2) is 5.96 Å². The van der Waals surface area contributed by atoms with E-state index in [1.54, 1.807) is 7.05 Å². The number of likely N-dealkylation sites (N-methyl/N-ethyl adjacent to an activating group) is 1. The van der Waals surface area contributed by atoms with Crippen LogP contribution >= 0.6 is 0 Å². The summed E-state index contributed by atoms with van der Waals surface area (Å²) < 4.78 is 24.3. The minimum Gasteiger partial charge on any atom is -0.356 e. The monoisotopic (exact) mass is 319 g/mol. The maximum absolute atomic E-state index is 10.9. The SMILES string of the molecule is CCN1CCCC1CNC(=NC)NCCCNS(C)(=O)=O. The Hall–Kier alpha value is -0.860. The smallest absolute Gasteiger partial charge is 0.208 e. The van der Waals surface area contributed by atoms with Crippen LogP contribution in [0.15, 0.2) is 4.99 Å². The fourth-order valence-electron chi connectivity index (χ4n) is 2.53. The second kappa shape index (κ2) is 9.22. The number of nitrogens with zero attached hydrogens (tertiary/aromatic N) is 2. The predicted octanol–water partition coefficient (Wildman–Crippen LogP) is -0.425. The molecule has 0 amide bonds. The lowest BCUT2D eigenvalue weighted by Gasteiger charge is -2.23. The molecule has 0 aliphatic carbocycles. The van der Waals surface area contributed by atoms with Gasteiger partial charge in [-0.15, -0.1) is 0 Å². The highest BCUT2D eigenvalue weighted by molar-refractivity contribution is 7.88. The zero-order valence-electron chi connectivity index (χ0n) is 13.4. The molecule has 0 spiro atoms. The van der Waals surface area contributed by atoms with E-state index in [0.717, 1.165) is 25.5 Å². The summed E-state index contributed by atoms with van der Waals surface area (Å²) in [4.78, 5) is 6.67. The molecule has 1 saturated heterocycles. The Balaban J connectivity index is 2.17. The van der Waals surface area contributed by atoms with Gasteiger partial charge in [-0.2, -0.15) is 0 Å². The van der Waals surface area contributed by atoms with E-state index in [1.807, 2.05) is 0 Å². The molecule has 0 radical (unpaired) electrons. The maximum atomic E-state index is 10.9. The molecule has 0 aromatic heterocycles. The number of likely N-dealkylation sites (tertiary alicyclic amines) is 1. The molecule has 0 aromatic carbocycles. The summed E-state index contributed by atoms with van der Waals surface area (Å²) in [6, 6.07) is 0.584. The van der Waals surface area contributed by atoms with Gasteiger partial charge in [0.1, 0.15) is 0 Å². The van der Waals surface area contributed by atoms with Crippen LogP contribution in [0.3, 0.4) is 0 Å². The van der Waals surface area contributed by atoms with E-state index in [9.17, 15) is 8.42 Å². The predicted molar refractivity (Wildman–Crippen MR) is 87.1 cm³/mol. The first kappa shape index (κ1) is 18.2. The van der Waals surface area contributed by atoms with Gasteiger partial charge in [-0.25, -0.2) is 13.1 Å². The first-order valence-corrected chi connectivity index (χ1v) is 9.48. The Morgan fingerprint density at radius 2 is 2.10 bits per heavy atom. The molecule has 0 saturated carbocycles. The lowest BCUT2D eigenvalue weighted by molar-refractivity contribution is 0.267. The highest BCUT2D eigenvalue weighted by Gasteiger charge is 2.22. The lowest BCUT2D eigenvalue weighted by Crippen LogP contribution is -2.45. The largest absolute Gasteiger partial charge is 0.356 e. The molecule has 1 aliphatic heterocycles. The van der Waals surface area contributed by atoms with Crippen LogP contribution in [0.5, 0.6) is 0 Å². The first-order chi connectivity index (χ1) is 9.96. The van der Waals surface area contributed by atoms with Crippen LogP contribution < -0.4 is 15.4 Å². The summed E-state index contributed by atoms with van der Waals surface area (Å²) in [6.07, 6.45) is 4.39. The molecule has 0 bridgehead atoms. The van der Waals surface area contributed by atoms with Crippen LogP contribution in [0, 0.1) is 0 Å². The Labute approximate surface area is 128 Å². The molecule has 1 unspecified atom stereocenters. The van der Waals surface area contributed by atoms with E-state index >= 15 is 0 Å². The molecule has 3 N–H and O–H groups in total. The zero-order valence-corrected chi connectivity index (χ0v) is 14.2. The van der Waals surface area contributed by atoms with Crippen molar-refractivity contribution in [2.45, 2.75) is 32.2 Å². The van der Waals surface area contributed by atoms with E-state index < -0.39 is 10.0 Å². The molecule has 1 atom stereocenters. The number of aliphatic imine (C=N–C) groups is 1. The second-order valence-corrected chi connectivity index (χ2v) is 7.16. The molecule has 21 heavy (non-hydrogen) atoms. The molecule has 1 fully saturated rings. The average Bonchev–Trinajstić information content (AvgIpc) is 2.88. The fraction of sp³-hybridized carbons (Fsp3) is 0.923. The van der Waals surface area contributed by atoms with Crippen LogP contribution in [0.25, 0.3) is 0 Å². The normalized spacial score (nSPS) is 20.7. The van der Waals surface area contributed by atoms with Gasteiger partial charge in [0.2, 0.25) is 10.0 Å². The molecular weight excluding hydrogens is 290 g/mol. The van der Waals surface area contributed by atoms with E-state index in [0.29, 0.717) is 19.1 Å². The number of rotatable bonds is 8. The molecule has 1 rings (SSSR count). The third-order valence-corrected chi connectivity index (χ3v) is 4.37. The standard InChI is InChI=1S/C13H29N5O2S/c1-4-18-10-5-7-12(18)11-16-13(14-2)15-8-6-9-17-21(3,19)20/h12,17H,4-11H2,1-3H3,(H2,14,15,16). The zero-order chi connectivity index (χ0) is 15.7. The summed E-state index contributed by atoms with van der Waals surface area (Å²) in [5, 5.41) is 6.54. The van der Waals surface area contributed by atoms with E-state index in [-0.39, 0.29) is 0 Å². The molecule has 8 heteroatoms. The van der Waals surface area contributed by atoms with Gasteiger partial charge in [0.05, 0.1) is 6.26 Å². The topological polar surface area (TPSA) is 85.8 Å². The fourth-order valence-corrected chi connectivity index (χ4v) is 3.05. The molecule has 1 aliphatic rings. The van der Waals surface area contributed by atoms with Crippen molar-refractivity contribution in [1.82, 2.24) is 20.3 Å². The second-order valence-electron chi connectivity index (χ2n) is 5.32. The van der Waals surface area contributed by atoms with Gasteiger partial charge in [0.25, 0.3) is 0 Å². The van der Waals surface area contributed by atoms with Crippen molar-refractivity contribution in [3.05, 3.63) is 0 Å². The van der Waals surface area contributed by atoms with Crippen LogP contribution in [-0.2, 0) is 10.0 Å². The van der Waals surface area contributed by atoms with Gasteiger partial charge in [-0.1, -0.05) is 6.92 Å². The molecule has 0 aromatic rings. The Bertz CT molecular complexity index is 424. The summed E-state index contributed by atoms with van der Waals surface area (Å²) in [6.45, 7) is 6.50. The number of hydrogen-bond acceptors (Lipinski definition) is 4. The molecule has 1 heterocycles. The van der Waals surface area contributed by atoms with Gasteiger partial charge in [-0.05, 0) is 32.4 Å². The third kappa shape index (κ3) is 7.63.